The van der Waals surface area contributed by atoms with Gasteiger partial charge < -0.3 is 9.47 Å². The van der Waals surface area contributed by atoms with Crippen molar-refractivity contribution >= 4 is 11.6 Å². The first-order valence-electron chi connectivity index (χ1n) is 8.42. The molecule has 2 aliphatic rings. The van der Waals surface area contributed by atoms with Crippen molar-refractivity contribution in [1.82, 2.24) is 5.01 Å². The van der Waals surface area contributed by atoms with E-state index in [4.69, 9.17) is 9.47 Å². The van der Waals surface area contributed by atoms with E-state index in [-0.39, 0.29) is 17.7 Å². The molecule has 128 valence electrons. The third kappa shape index (κ3) is 2.90. The van der Waals surface area contributed by atoms with Crippen LogP contribution in [0.15, 0.2) is 36.0 Å². The Labute approximate surface area is 142 Å². The van der Waals surface area contributed by atoms with Gasteiger partial charge in [-0.2, -0.15) is 5.10 Å². The molecule has 1 aliphatic heterocycles. The van der Waals surface area contributed by atoms with Crippen LogP contribution in [0.1, 0.15) is 31.2 Å². The number of rotatable bonds is 5. The smallest absolute Gasteiger partial charge is 0.246 e. The first kappa shape index (κ1) is 16.6. The molecule has 2 atom stereocenters. The van der Waals surface area contributed by atoms with Crippen molar-refractivity contribution in [2.45, 2.75) is 25.7 Å². The van der Waals surface area contributed by atoms with Crippen molar-refractivity contribution in [3.63, 3.8) is 0 Å². The van der Waals surface area contributed by atoms with E-state index in [1.807, 2.05) is 18.2 Å². The molecule has 1 aromatic rings. The van der Waals surface area contributed by atoms with Crippen molar-refractivity contribution in [3.8, 4) is 11.5 Å². The van der Waals surface area contributed by atoms with Crippen LogP contribution < -0.4 is 9.47 Å². The lowest BCUT2D eigenvalue weighted by Crippen LogP contribution is -2.46. The molecule has 0 radical (unpaired) electrons. The Kier molecular flexibility index (Phi) is 4.88. The first-order valence-corrected chi connectivity index (χ1v) is 8.42. The number of methoxy groups -OCH3 is 2. The second-order valence-electron chi connectivity index (χ2n) is 6.26. The summed E-state index contributed by atoms with van der Waals surface area (Å²) in [5, 5.41) is 6.23. The molecule has 3 rings (SSSR count). The third-order valence-corrected chi connectivity index (χ3v) is 4.90. The highest BCUT2D eigenvalue weighted by Gasteiger charge is 2.40. The monoisotopic (exact) mass is 328 g/mol. The number of ether oxygens (including phenoxy) is 2. The molecule has 1 amide bonds. The van der Waals surface area contributed by atoms with Crippen molar-refractivity contribution in [3.05, 3.63) is 36.4 Å². The standard InChI is InChI=1S/C19H24N2O3/c1-4-11-21-19(22)15-8-6-5-7-14(15)18(20-21)13-9-10-16(23-2)17(12-13)24-3/h4,9-10,12,14-15H,1,5-8,11H2,2-3H3/t14-,15+/m0/s1. The molecule has 0 saturated heterocycles. The van der Waals surface area contributed by atoms with Crippen LogP contribution in [-0.4, -0.2) is 37.4 Å². The van der Waals surface area contributed by atoms with E-state index in [0.717, 1.165) is 37.0 Å². The topological polar surface area (TPSA) is 51.1 Å². The number of carbonyl (C=O) groups is 1. The van der Waals surface area contributed by atoms with Crippen LogP contribution in [0.5, 0.6) is 11.5 Å². The number of fused-ring (bicyclic) bond motifs is 1. The average Bonchev–Trinajstić information content (AvgIpc) is 2.63. The molecule has 0 unspecified atom stereocenters. The van der Waals surface area contributed by atoms with Gasteiger partial charge in [-0.3, -0.25) is 4.79 Å². The van der Waals surface area contributed by atoms with E-state index >= 15 is 0 Å². The highest BCUT2D eigenvalue weighted by molar-refractivity contribution is 6.07. The van der Waals surface area contributed by atoms with E-state index in [9.17, 15) is 4.79 Å². The van der Waals surface area contributed by atoms with Gasteiger partial charge in [0.1, 0.15) is 0 Å². The van der Waals surface area contributed by atoms with Crippen molar-refractivity contribution in [1.29, 1.82) is 0 Å². The summed E-state index contributed by atoms with van der Waals surface area (Å²) >= 11 is 0. The van der Waals surface area contributed by atoms with Gasteiger partial charge in [0.25, 0.3) is 0 Å². The van der Waals surface area contributed by atoms with Gasteiger partial charge in [-0.25, -0.2) is 5.01 Å². The molecule has 0 bridgehead atoms. The minimum atomic E-state index is 0.0271. The molecule has 0 aromatic heterocycles. The molecular formula is C19H24N2O3. The molecule has 0 N–H and O–H groups in total. The fraction of sp³-hybridized carbons (Fsp3) is 0.474. The largest absolute Gasteiger partial charge is 0.493 e. The number of hydrazone groups is 1. The first-order chi connectivity index (χ1) is 11.7. The Morgan fingerprint density at radius 3 is 2.58 bits per heavy atom. The minimum absolute atomic E-state index is 0.0271. The Bertz CT molecular complexity index is 669. The molecular weight excluding hydrogens is 304 g/mol. The molecule has 5 nitrogen and oxygen atoms in total. The fourth-order valence-corrected chi connectivity index (χ4v) is 3.72. The molecule has 24 heavy (non-hydrogen) atoms. The average molecular weight is 328 g/mol. The number of hydrogen-bond donors (Lipinski definition) is 0. The SMILES string of the molecule is C=CCN1N=C(c2ccc(OC)c(OC)c2)[C@H]2CCCC[C@H]2C1=O. The van der Waals surface area contributed by atoms with E-state index in [1.54, 1.807) is 25.3 Å². The highest BCUT2D eigenvalue weighted by atomic mass is 16.5. The second kappa shape index (κ2) is 7.07. The maximum absolute atomic E-state index is 12.7. The molecule has 5 heteroatoms. The van der Waals surface area contributed by atoms with Crippen LogP contribution in [0.3, 0.4) is 0 Å². The predicted octanol–water partition coefficient (Wildman–Crippen LogP) is 3.24. The van der Waals surface area contributed by atoms with Gasteiger partial charge >= 0.3 is 0 Å². The van der Waals surface area contributed by atoms with Crippen LogP contribution in [0.25, 0.3) is 0 Å². The van der Waals surface area contributed by atoms with Gasteiger partial charge in [-0.05, 0) is 31.0 Å². The van der Waals surface area contributed by atoms with E-state index < -0.39 is 0 Å². The van der Waals surface area contributed by atoms with Gasteiger partial charge in [0.15, 0.2) is 11.5 Å². The molecule has 1 heterocycles. The predicted molar refractivity (Wildman–Crippen MR) is 93.4 cm³/mol. The summed E-state index contributed by atoms with van der Waals surface area (Å²) in [6.45, 7) is 4.18. The summed E-state index contributed by atoms with van der Waals surface area (Å²) in [4.78, 5) is 12.7. The number of carbonyl (C=O) groups excluding carboxylic acids is 1. The Morgan fingerprint density at radius 2 is 1.92 bits per heavy atom. The van der Waals surface area contributed by atoms with Gasteiger partial charge in [-0.1, -0.05) is 18.9 Å². The van der Waals surface area contributed by atoms with Crippen molar-refractivity contribution < 1.29 is 14.3 Å². The molecule has 1 fully saturated rings. The Hall–Kier alpha value is -2.30. The zero-order valence-electron chi connectivity index (χ0n) is 14.3. The number of benzene rings is 1. The molecule has 1 saturated carbocycles. The molecule has 0 spiro atoms. The summed E-state index contributed by atoms with van der Waals surface area (Å²) in [7, 11) is 3.25. The number of nitrogens with zero attached hydrogens (tertiary/aromatic N) is 2. The van der Waals surface area contributed by atoms with Crippen LogP contribution in [0, 0.1) is 11.8 Å². The van der Waals surface area contributed by atoms with E-state index in [2.05, 4.69) is 11.7 Å². The van der Waals surface area contributed by atoms with Gasteiger partial charge in [-0.15, -0.1) is 6.58 Å². The van der Waals surface area contributed by atoms with Crippen LogP contribution >= 0.6 is 0 Å². The van der Waals surface area contributed by atoms with Gasteiger partial charge in [0.2, 0.25) is 5.91 Å². The van der Waals surface area contributed by atoms with E-state index in [1.165, 1.54) is 0 Å². The molecule has 1 aromatic carbocycles. The maximum Gasteiger partial charge on any atom is 0.246 e. The van der Waals surface area contributed by atoms with Crippen LogP contribution in [0.4, 0.5) is 0 Å². The Balaban J connectivity index is 2.04. The second-order valence-corrected chi connectivity index (χ2v) is 6.26. The lowest BCUT2D eigenvalue weighted by molar-refractivity contribution is -0.138. The Morgan fingerprint density at radius 1 is 1.21 bits per heavy atom. The normalized spacial score (nSPS) is 23.3. The van der Waals surface area contributed by atoms with Crippen LogP contribution in [0.2, 0.25) is 0 Å². The lowest BCUT2D eigenvalue weighted by Gasteiger charge is -2.38. The summed E-state index contributed by atoms with van der Waals surface area (Å²) in [6, 6.07) is 5.84. The lowest BCUT2D eigenvalue weighted by atomic mass is 9.73. The third-order valence-electron chi connectivity index (χ3n) is 4.90. The maximum atomic E-state index is 12.7. The number of hydrogen-bond acceptors (Lipinski definition) is 4. The number of amides is 1. The van der Waals surface area contributed by atoms with E-state index in [0.29, 0.717) is 18.0 Å². The molecule has 1 aliphatic carbocycles. The van der Waals surface area contributed by atoms with Crippen molar-refractivity contribution in [2.24, 2.45) is 16.9 Å². The van der Waals surface area contributed by atoms with Gasteiger partial charge in [0, 0.05) is 17.4 Å². The highest BCUT2D eigenvalue weighted by Crippen LogP contribution is 2.38. The summed E-state index contributed by atoms with van der Waals surface area (Å²) in [5.74, 6) is 1.71. The zero-order chi connectivity index (χ0) is 17.1. The quantitative estimate of drug-likeness (QED) is 0.780. The summed E-state index contributed by atoms with van der Waals surface area (Å²) < 4.78 is 10.7. The fourth-order valence-electron chi connectivity index (χ4n) is 3.72. The van der Waals surface area contributed by atoms with Crippen molar-refractivity contribution in [2.75, 3.05) is 20.8 Å². The zero-order valence-corrected chi connectivity index (χ0v) is 14.3. The van der Waals surface area contributed by atoms with Crippen LogP contribution in [-0.2, 0) is 4.79 Å². The summed E-state index contributed by atoms with van der Waals surface area (Å²) in [5.41, 5.74) is 1.97. The van der Waals surface area contributed by atoms with Gasteiger partial charge in [0.05, 0.1) is 26.5 Å². The minimum Gasteiger partial charge on any atom is -0.493 e. The summed E-state index contributed by atoms with van der Waals surface area (Å²) in [6.07, 6.45) is 5.90.